The van der Waals surface area contributed by atoms with E-state index in [2.05, 4.69) is 5.32 Å². The van der Waals surface area contributed by atoms with Gasteiger partial charge in [0.25, 0.3) is 0 Å². The van der Waals surface area contributed by atoms with Gasteiger partial charge in [-0.2, -0.15) is 0 Å². The van der Waals surface area contributed by atoms with Gasteiger partial charge < -0.3 is 24.3 Å². The number of anilines is 1. The highest BCUT2D eigenvalue weighted by molar-refractivity contribution is 7.92. The number of nitrogens with zero attached hydrogens (tertiary/aromatic N) is 1. The molecule has 1 amide bonds. The molecule has 180 valence electrons. The Labute approximate surface area is 194 Å². The van der Waals surface area contributed by atoms with Crippen LogP contribution in [0.5, 0.6) is 23.0 Å². The van der Waals surface area contributed by atoms with E-state index >= 15 is 0 Å². The first kappa shape index (κ1) is 24.5. The van der Waals surface area contributed by atoms with E-state index in [0.29, 0.717) is 48.3 Å². The molecule has 2 aromatic carbocycles. The summed E-state index contributed by atoms with van der Waals surface area (Å²) in [6.45, 7) is 2.87. The highest BCUT2D eigenvalue weighted by Gasteiger charge is 2.21. The Bertz CT molecular complexity index is 1090. The average molecular weight is 479 g/mol. The second-order valence-corrected chi connectivity index (χ2v) is 9.57. The Balaban J connectivity index is 1.62. The van der Waals surface area contributed by atoms with Crippen molar-refractivity contribution >= 4 is 21.6 Å². The van der Waals surface area contributed by atoms with Crippen molar-refractivity contribution in [2.75, 3.05) is 44.5 Å². The largest absolute Gasteiger partial charge is 0.497 e. The molecular formula is C23H30N2O7S. The van der Waals surface area contributed by atoms with Crippen LogP contribution in [0, 0.1) is 0 Å². The average Bonchev–Trinajstić information content (AvgIpc) is 2.80. The molecule has 1 atom stereocenters. The Morgan fingerprint density at radius 1 is 1.09 bits per heavy atom. The van der Waals surface area contributed by atoms with Crippen molar-refractivity contribution in [2.24, 2.45) is 0 Å². The van der Waals surface area contributed by atoms with Gasteiger partial charge in [0.2, 0.25) is 15.9 Å². The third-order valence-corrected chi connectivity index (χ3v) is 6.45. The molecule has 33 heavy (non-hydrogen) atoms. The van der Waals surface area contributed by atoms with Crippen LogP contribution in [0.4, 0.5) is 5.69 Å². The summed E-state index contributed by atoms with van der Waals surface area (Å²) in [5.41, 5.74) is 1.26. The van der Waals surface area contributed by atoms with Gasteiger partial charge in [-0.25, -0.2) is 8.42 Å². The van der Waals surface area contributed by atoms with Crippen LogP contribution < -0.4 is 28.6 Å². The molecule has 0 unspecified atom stereocenters. The predicted molar refractivity (Wildman–Crippen MR) is 125 cm³/mol. The summed E-state index contributed by atoms with van der Waals surface area (Å²) in [6.07, 6.45) is 1.64. The molecule has 0 aliphatic carbocycles. The number of nitrogens with one attached hydrogen (secondary N) is 1. The van der Waals surface area contributed by atoms with Gasteiger partial charge in [-0.05, 0) is 43.7 Å². The van der Waals surface area contributed by atoms with Gasteiger partial charge in [0, 0.05) is 24.6 Å². The summed E-state index contributed by atoms with van der Waals surface area (Å²) >= 11 is 0. The second kappa shape index (κ2) is 10.7. The summed E-state index contributed by atoms with van der Waals surface area (Å²) in [5, 5.41) is 2.94. The number of sulfonamides is 1. The molecule has 0 radical (unpaired) electrons. The minimum absolute atomic E-state index is 0.156. The summed E-state index contributed by atoms with van der Waals surface area (Å²) < 4.78 is 47.8. The van der Waals surface area contributed by atoms with E-state index < -0.39 is 10.0 Å². The van der Waals surface area contributed by atoms with Crippen LogP contribution in [0.2, 0.25) is 0 Å². The second-order valence-electron chi connectivity index (χ2n) is 7.66. The van der Waals surface area contributed by atoms with E-state index in [1.165, 1.54) is 4.31 Å². The van der Waals surface area contributed by atoms with Crippen molar-refractivity contribution in [3.05, 3.63) is 42.0 Å². The fourth-order valence-electron chi connectivity index (χ4n) is 3.63. The molecule has 1 heterocycles. The number of carbonyl (C=O) groups excluding carboxylic acids is 1. The van der Waals surface area contributed by atoms with Crippen molar-refractivity contribution in [3.8, 4) is 23.0 Å². The molecule has 1 N–H and O–H groups in total. The smallest absolute Gasteiger partial charge is 0.232 e. The molecule has 3 rings (SSSR count). The fraction of sp³-hybridized carbons (Fsp3) is 0.435. The van der Waals surface area contributed by atoms with E-state index in [4.69, 9.17) is 18.9 Å². The SMILES string of the molecule is COc1ccc(OC)c([C@@H](C)NC(=O)CCCN(c2ccc3c(c2)OCCO3)S(C)(=O)=O)c1. The van der Waals surface area contributed by atoms with Crippen LogP contribution >= 0.6 is 0 Å². The van der Waals surface area contributed by atoms with Gasteiger partial charge in [0.1, 0.15) is 24.7 Å². The molecule has 9 nitrogen and oxygen atoms in total. The molecular weight excluding hydrogens is 448 g/mol. The van der Waals surface area contributed by atoms with Crippen molar-refractivity contribution in [1.29, 1.82) is 0 Å². The molecule has 1 aliphatic heterocycles. The zero-order chi connectivity index (χ0) is 24.0. The Hall–Kier alpha value is -3.14. The summed E-state index contributed by atoms with van der Waals surface area (Å²) in [6, 6.07) is 10.1. The van der Waals surface area contributed by atoms with E-state index in [1.54, 1.807) is 44.6 Å². The summed E-state index contributed by atoms with van der Waals surface area (Å²) in [5.74, 6) is 2.20. The van der Waals surface area contributed by atoms with Gasteiger partial charge >= 0.3 is 0 Å². The Morgan fingerprint density at radius 3 is 2.48 bits per heavy atom. The fourth-order valence-corrected chi connectivity index (χ4v) is 4.58. The lowest BCUT2D eigenvalue weighted by Crippen LogP contribution is -2.32. The van der Waals surface area contributed by atoms with Crippen molar-refractivity contribution in [3.63, 3.8) is 0 Å². The monoisotopic (exact) mass is 478 g/mol. The van der Waals surface area contributed by atoms with E-state index in [9.17, 15) is 13.2 Å². The highest BCUT2D eigenvalue weighted by atomic mass is 32.2. The standard InChI is InChI=1S/C23H30N2O7S/c1-16(19-15-18(29-2)8-10-20(19)30-3)24-23(26)6-5-11-25(33(4,27)28)17-7-9-21-22(14-17)32-13-12-31-21/h7-10,14-16H,5-6,11-13H2,1-4H3,(H,24,26)/t16-/m1/s1. The zero-order valence-corrected chi connectivity index (χ0v) is 20.1. The zero-order valence-electron chi connectivity index (χ0n) is 19.3. The minimum Gasteiger partial charge on any atom is -0.497 e. The van der Waals surface area contributed by atoms with Crippen molar-refractivity contribution < 1.29 is 32.2 Å². The molecule has 0 bridgehead atoms. The van der Waals surface area contributed by atoms with E-state index in [0.717, 1.165) is 11.8 Å². The van der Waals surface area contributed by atoms with Crippen LogP contribution in [-0.4, -0.2) is 54.6 Å². The number of methoxy groups -OCH3 is 2. The Morgan fingerprint density at radius 2 is 1.82 bits per heavy atom. The maximum atomic E-state index is 12.6. The van der Waals surface area contributed by atoms with Crippen molar-refractivity contribution in [2.45, 2.75) is 25.8 Å². The maximum absolute atomic E-state index is 12.6. The number of fused-ring (bicyclic) bond motifs is 1. The first-order valence-electron chi connectivity index (χ1n) is 10.6. The number of amides is 1. The first-order valence-corrected chi connectivity index (χ1v) is 12.5. The van der Waals surface area contributed by atoms with Crippen LogP contribution in [0.15, 0.2) is 36.4 Å². The van der Waals surface area contributed by atoms with Crippen LogP contribution in [0.25, 0.3) is 0 Å². The minimum atomic E-state index is -3.55. The van der Waals surface area contributed by atoms with Gasteiger partial charge in [0.15, 0.2) is 11.5 Å². The predicted octanol–water partition coefficient (Wildman–Crippen LogP) is 2.90. The third-order valence-electron chi connectivity index (χ3n) is 5.26. The van der Waals surface area contributed by atoms with E-state index in [-0.39, 0.29) is 24.9 Å². The molecule has 0 saturated heterocycles. The quantitative estimate of drug-likeness (QED) is 0.560. The number of hydrogen-bond donors (Lipinski definition) is 1. The van der Waals surface area contributed by atoms with Gasteiger partial charge in [-0.3, -0.25) is 9.10 Å². The number of rotatable bonds is 10. The first-order chi connectivity index (χ1) is 15.7. The molecule has 10 heteroatoms. The lowest BCUT2D eigenvalue weighted by atomic mass is 10.1. The van der Waals surface area contributed by atoms with Gasteiger partial charge in [0.05, 0.1) is 32.2 Å². The molecule has 0 saturated carbocycles. The summed E-state index contributed by atoms with van der Waals surface area (Å²) in [7, 11) is -0.410. The molecule has 0 fully saturated rings. The Kier molecular flexibility index (Phi) is 7.91. The summed E-state index contributed by atoms with van der Waals surface area (Å²) in [4.78, 5) is 12.6. The highest BCUT2D eigenvalue weighted by Crippen LogP contribution is 2.35. The molecule has 2 aromatic rings. The normalized spacial score (nSPS) is 13.7. The topological polar surface area (TPSA) is 103 Å². The molecule has 0 aromatic heterocycles. The number of hydrogen-bond acceptors (Lipinski definition) is 7. The number of benzene rings is 2. The van der Waals surface area contributed by atoms with Crippen molar-refractivity contribution in [1.82, 2.24) is 5.32 Å². The maximum Gasteiger partial charge on any atom is 0.232 e. The number of ether oxygens (including phenoxy) is 4. The van der Waals surface area contributed by atoms with E-state index in [1.807, 2.05) is 13.0 Å². The lowest BCUT2D eigenvalue weighted by Gasteiger charge is -2.25. The van der Waals surface area contributed by atoms with Crippen LogP contribution in [0.1, 0.15) is 31.4 Å². The van der Waals surface area contributed by atoms with Crippen LogP contribution in [-0.2, 0) is 14.8 Å². The van der Waals surface area contributed by atoms with Crippen LogP contribution in [0.3, 0.4) is 0 Å². The van der Waals surface area contributed by atoms with Gasteiger partial charge in [-0.1, -0.05) is 0 Å². The third kappa shape index (κ3) is 6.22. The van der Waals surface area contributed by atoms with Gasteiger partial charge in [-0.15, -0.1) is 0 Å². The molecule has 1 aliphatic rings. The number of carbonyl (C=O) groups is 1. The lowest BCUT2D eigenvalue weighted by molar-refractivity contribution is -0.121. The molecule has 0 spiro atoms.